The number of rotatable bonds is 7. The molecule has 0 spiro atoms. The van der Waals surface area contributed by atoms with Crippen molar-refractivity contribution in [2.24, 2.45) is 17.8 Å². The van der Waals surface area contributed by atoms with Crippen LogP contribution in [0.4, 0.5) is 0 Å². The first-order valence-corrected chi connectivity index (χ1v) is 8.00. The Hall–Kier alpha value is -0.570. The lowest BCUT2D eigenvalue weighted by molar-refractivity contribution is -0.121. The van der Waals surface area contributed by atoms with Crippen LogP contribution >= 0.6 is 0 Å². The lowest BCUT2D eigenvalue weighted by Gasteiger charge is -2.35. The van der Waals surface area contributed by atoms with E-state index in [2.05, 4.69) is 38.3 Å². The van der Waals surface area contributed by atoms with Crippen LogP contribution < -0.4 is 10.6 Å². The van der Waals surface area contributed by atoms with Crippen LogP contribution in [-0.2, 0) is 4.79 Å². The SMILES string of the molecule is CC(C)CNC(=O)CCNC1CCCCC1C(C)C. The Kier molecular flexibility index (Phi) is 7.44. The van der Waals surface area contributed by atoms with Crippen molar-refractivity contribution in [3.05, 3.63) is 0 Å². The van der Waals surface area contributed by atoms with Gasteiger partial charge in [0.2, 0.25) is 5.91 Å². The molecule has 2 N–H and O–H groups in total. The van der Waals surface area contributed by atoms with E-state index in [9.17, 15) is 4.79 Å². The maximum atomic E-state index is 11.7. The first-order chi connectivity index (χ1) is 9.00. The second-order valence-corrected chi connectivity index (χ2v) is 6.70. The van der Waals surface area contributed by atoms with Crippen molar-refractivity contribution in [1.82, 2.24) is 10.6 Å². The number of nitrogens with one attached hydrogen (secondary N) is 2. The van der Waals surface area contributed by atoms with Crippen LogP contribution in [0, 0.1) is 17.8 Å². The molecule has 1 amide bonds. The normalized spacial score (nSPS) is 23.9. The molecule has 3 heteroatoms. The molecule has 1 saturated carbocycles. The first kappa shape index (κ1) is 16.5. The second kappa shape index (κ2) is 8.57. The van der Waals surface area contributed by atoms with E-state index in [0.717, 1.165) is 24.9 Å². The van der Waals surface area contributed by atoms with Crippen molar-refractivity contribution in [2.75, 3.05) is 13.1 Å². The van der Waals surface area contributed by atoms with Crippen LogP contribution in [0.5, 0.6) is 0 Å². The van der Waals surface area contributed by atoms with Crippen LogP contribution in [0.1, 0.15) is 59.8 Å². The van der Waals surface area contributed by atoms with Crippen LogP contribution in [0.3, 0.4) is 0 Å². The molecule has 0 aromatic heterocycles. The zero-order valence-electron chi connectivity index (χ0n) is 13.2. The zero-order chi connectivity index (χ0) is 14.3. The van der Waals surface area contributed by atoms with E-state index in [-0.39, 0.29) is 5.91 Å². The molecule has 0 saturated heterocycles. The highest BCUT2D eigenvalue weighted by Gasteiger charge is 2.26. The highest BCUT2D eigenvalue weighted by Crippen LogP contribution is 2.30. The van der Waals surface area contributed by atoms with Gasteiger partial charge in [0.05, 0.1) is 0 Å². The van der Waals surface area contributed by atoms with Gasteiger partial charge < -0.3 is 10.6 Å². The van der Waals surface area contributed by atoms with E-state index in [4.69, 9.17) is 0 Å². The van der Waals surface area contributed by atoms with E-state index in [1.54, 1.807) is 0 Å². The van der Waals surface area contributed by atoms with Crippen LogP contribution in [0.2, 0.25) is 0 Å². The number of hydrogen-bond donors (Lipinski definition) is 2. The average Bonchev–Trinajstić information content (AvgIpc) is 2.36. The summed E-state index contributed by atoms with van der Waals surface area (Å²) in [4.78, 5) is 11.7. The fourth-order valence-corrected chi connectivity index (χ4v) is 2.99. The standard InChI is InChI=1S/C16H32N2O/c1-12(2)11-18-16(19)9-10-17-15-8-6-5-7-14(15)13(3)4/h12-15,17H,5-11H2,1-4H3,(H,18,19). The molecule has 2 unspecified atom stereocenters. The second-order valence-electron chi connectivity index (χ2n) is 6.70. The Bertz CT molecular complexity index is 263. The van der Waals surface area contributed by atoms with E-state index >= 15 is 0 Å². The van der Waals surface area contributed by atoms with Crippen LogP contribution in [0.25, 0.3) is 0 Å². The molecule has 19 heavy (non-hydrogen) atoms. The van der Waals surface area contributed by atoms with E-state index in [0.29, 0.717) is 18.4 Å². The Morgan fingerprint density at radius 1 is 1.16 bits per heavy atom. The maximum Gasteiger partial charge on any atom is 0.221 e. The van der Waals surface area contributed by atoms with Gasteiger partial charge in [-0.1, -0.05) is 40.5 Å². The quantitative estimate of drug-likeness (QED) is 0.745. The maximum absolute atomic E-state index is 11.7. The van der Waals surface area contributed by atoms with Crippen molar-refractivity contribution in [3.63, 3.8) is 0 Å². The Balaban J connectivity index is 2.21. The van der Waals surface area contributed by atoms with Gasteiger partial charge in [0.1, 0.15) is 0 Å². The summed E-state index contributed by atoms with van der Waals surface area (Å²) in [5.74, 6) is 2.23. The van der Waals surface area contributed by atoms with Gasteiger partial charge in [-0.2, -0.15) is 0 Å². The summed E-state index contributed by atoms with van der Waals surface area (Å²) in [7, 11) is 0. The molecule has 112 valence electrons. The Morgan fingerprint density at radius 3 is 2.47 bits per heavy atom. The van der Waals surface area contributed by atoms with Crippen molar-refractivity contribution in [2.45, 2.75) is 65.8 Å². The lowest BCUT2D eigenvalue weighted by atomic mass is 9.78. The number of carbonyl (C=O) groups excluding carboxylic acids is 1. The summed E-state index contributed by atoms with van der Waals surface area (Å²) in [6, 6.07) is 0.617. The summed E-state index contributed by atoms with van der Waals surface area (Å²) in [5, 5.41) is 6.59. The topological polar surface area (TPSA) is 41.1 Å². The van der Waals surface area contributed by atoms with Crippen molar-refractivity contribution in [1.29, 1.82) is 0 Å². The van der Waals surface area contributed by atoms with Crippen molar-refractivity contribution in [3.8, 4) is 0 Å². The van der Waals surface area contributed by atoms with Gasteiger partial charge in [-0.15, -0.1) is 0 Å². The molecule has 0 aliphatic heterocycles. The molecule has 3 nitrogen and oxygen atoms in total. The van der Waals surface area contributed by atoms with E-state index in [1.807, 2.05) is 0 Å². The third-order valence-corrected chi connectivity index (χ3v) is 4.14. The highest BCUT2D eigenvalue weighted by atomic mass is 16.1. The molecule has 1 fully saturated rings. The molecule has 0 aromatic rings. The molecule has 1 aliphatic carbocycles. The van der Waals surface area contributed by atoms with Crippen LogP contribution in [0.15, 0.2) is 0 Å². The minimum absolute atomic E-state index is 0.179. The number of amides is 1. The Morgan fingerprint density at radius 2 is 1.84 bits per heavy atom. The summed E-state index contributed by atoms with van der Waals surface area (Å²) in [6.07, 6.45) is 5.93. The third kappa shape index (κ3) is 6.42. The van der Waals surface area contributed by atoms with Gasteiger partial charge in [-0.25, -0.2) is 0 Å². The molecule has 0 heterocycles. The van der Waals surface area contributed by atoms with Crippen molar-refractivity contribution < 1.29 is 4.79 Å². The summed E-state index contributed by atoms with van der Waals surface area (Å²) in [5.41, 5.74) is 0. The number of carbonyl (C=O) groups is 1. The minimum Gasteiger partial charge on any atom is -0.356 e. The molecule has 0 aromatic carbocycles. The minimum atomic E-state index is 0.179. The van der Waals surface area contributed by atoms with Gasteiger partial charge in [0.15, 0.2) is 0 Å². The first-order valence-electron chi connectivity index (χ1n) is 8.00. The predicted octanol–water partition coefficient (Wildman–Crippen LogP) is 2.95. The number of hydrogen-bond acceptors (Lipinski definition) is 2. The molecular weight excluding hydrogens is 236 g/mol. The fraction of sp³-hybridized carbons (Fsp3) is 0.938. The summed E-state index contributed by atoms with van der Waals surface area (Å²) >= 11 is 0. The largest absolute Gasteiger partial charge is 0.356 e. The fourth-order valence-electron chi connectivity index (χ4n) is 2.99. The lowest BCUT2D eigenvalue weighted by Crippen LogP contribution is -2.42. The van der Waals surface area contributed by atoms with Crippen LogP contribution in [-0.4, -0.2) is 25.0 Å². The summed E-state index contributed by atoms with van der Waals surface area (Å²) < 4.78 is 0. The van der Waals surface area contributed by atoms with Gasteiger partial charge >= 0.3 is 0 Å². The molecule has 0 radical (unpaired) electrons. The third-order valence-electron chi connectivity index (χ3n) is 4.14. The van der Waals surface area contributed by atoms with Gasteiger partial charge in [-0.05, 0) is 30.6 Å². The Labute approximate surface area is 118 Å². The van der Waals surface area contributed by atoms with Gasteiger partial charge in [-0.3, -0.25) is 4.79 Å². The molecule has 0 bridgehead atoms. The molecule has 2 atom stereocenters. The van der Waals surface area contributed by atoms with Crippen molar-refractivity contribution >= 4 is 5.91 Å². The average molecular weight is 268 g/mol. The molecular formula is C16H32N2O. The smallest absolute Gasteiger partial charge is 0.221 e. The van der Waals surface area contributed by atoms with Gasteiger partial charge in [0, 0.05) is 25.6 Å². The zero-order valence-corrected chi connectivity index (χ0v) is 13.2. The summed E-state index contributed by atoms with van der Waals surface area (Å²) in [6.45, 7) is 10.5. The van der Waals surface area contributed by atoms with E-state index in [1.165, 1.54) is 25.7 Å². The van der Waals surface area contributed by atoms with Gasteiger partial charge in [0.25, 0.3) is 0 Å². The van der Waals surface area contributed by atoms with E-state index < -0.39 is 0 Å². The predicted molar refractivity (Wildman–Crippen MR) is 81.1 cm³/mol. The highest BCUT2D eigenvalue weighted by molar-refractivity contribution is 5.76. The monoisotopic (exact) mass is 268 g/mol. The molecule has 1 aliphatic rings. The molecule has 1 rings (SSSR count).